The molecule has 2 aromatic carbocycles. The Kier molecular flexibility index (Phi) is 6.42. The molecular formula is C26H28FN5O2. The second-order valence-electron chi connectivity index (χ2n) is 8.49. The molecule has 3 heterocycles. The van der Waals surface area contributed by atoms with Crippen molar-refractivity contribution < 1.29 is 14.2 Å². The van der Waals surface area contributed by atoms with Gasteiger partial charge in [0, 0.05) is 42.9 Å². The van der Waals surface area contributed by atoms with Crippen LogP contribution in [-0.4, -0.2) is 51.1 Å². The average Bonchev–Trinajstić information content (AvgIpc) is 3.50. The van der Waals surface area contributed by atoms with Gasteiger partial charge < -0.3 is 20.1 Å². The summed E-state index contributed by atoms with van der Waals surface area (Å²) in [4.78, 5) is 7.76. The van der Waals surface area contributed by atoms with Gasteiger partial charge in [-0.25, -0.2) is 9.37 Å². The lowest BCUT2D eigenvalue weighted by Gasteiger charge is -2.22. The number of fused-ring (bicyclic) bond motifs is 1. The third kappa shape index (κ3) is 4.47. The number of aromatic amines is 2. The van der Waals surface area contributed by atoms with Crippen molar-refractivity contribution in [1.29, 1.82) is 0 Å². The van der Waals surface area contributed by atoms with E-state index in [-0.39, 0.29) is 11.6 Å². The molecule has 0 aliphatic carbocycles. The van der Waals surface area contributed by atoms with Crippen LogP contribution in [0.1, 0.15) is 31.0 Å². The highest BCUT2D eigenvalue weighted by atomic mass is 19.1. The number of phenolic OH excluding ortho intramolecular Hbond substituents is 1. The van der Waals surface area contributed by atoms with E-state index in [0.717, 1.165) is 49.4 Å². The molecule has 1 aliphatic rings. The van der Waals surface area contributed by atoms with Gasteiger partial charge in [-0.05, 0) is 54.7 Å². The predicted octanol–water partition coefficient (Wildman–Crippen LogP) is 4.81. The van der Waals surface area contributed by atoms with Crippen molar-refractivity contribution in [3.63, 3.8) is 0 Å². The lowest BCUT2D eigenvalue weighted by molar-refractivity contribution is 0.0789. The van der Waals surface area contributed by atoms with E-state index in [4.69, 9.17) is 4.74 Å². The number of nitrogens with one attached hydrogen (secondary N) is 3. The summed E-state index contributed by atoms with van der Waals surface area (Å²) >= 11 is 0. The van der Waals surface area contributed by atoms with Crippen molar-refractivity contribution in [2.45, 2.75) is 32.2 Å². The Labute approximate surface area is 197 Å². The smallest absolute Gasteiger partial charge is 0.159 e. The molecule has 0 spiro atoms. The zero-order chi connectivity index (χ0) is 23.5. The molecule has 34 heavy (non-hydrogen) atoms. The van der Waals surface area contributed by atoms with Gasteiger partial charge in [-0.2, -0.15) is 5.10 Å². The summed E-state index contributed by atoms with van der Waals surface area (Å²) in [5.74, 6) is 0.379. The zero-order valence-electron chi connectivity index (χ0n) is 19.1. The normalized spacial score (nSPS) is 15.0. The number of ether oxygens (including phenoxy) is 1. The quantitative estimate of drug-likeness (QED) is 0.317. The van der Waals surface area contributed by atoms with Gasteiger partial charge in [-0.1, -0.05) is 25.1 Å². The van der Waals surface area contributed by atoms with Gasteiger partial charge in [0.2, 0.25) is 0 Å². The third-order valence-corrected chi connectivity index (χ3v) is 6.29. The maximum absolute atomic E-state index is 15.5. The van der Waals surface area contributed by atoms with Crippen LogP contribution in [0.2, 0.25) is 0 Å². The van der Waals surface area contributed by atoms with Gasteiger partial charge in [0.25, 0.3) is 0 Å². The summed E-state index contributed by atoms with van der Waals surface area (Å²) in [5, 5.41) is 21.1. The minimum absolute atomic E-state index is 0.174. The van der Waals surface area contributed by atoms with Crippen LogP contribution >= 0.6 is 0 Å². The van der Waals surface area contributed by atoms with Crippen LogP contribution in [0.3, 0.4) is 0 Å². The monoisotopic (exact) mass is 461 g/mol. The van der Waals surface area contributed by atoms with Crippen LogP contribution in [0.5, 0.6) is 5.75 Å². The van der Waals surface area contributed by atoms with Crippen molar-refractivity contribution in [3.8, 4) is 28.4 Å². The molecular weight excluding hydrogens is 433 g/mol. The Hall–Kier alpha value is -3.49. The molecule has 4 N–H and O–H groups in total. The molecule has 2 aromatic heterocycles. The highest BCUT2D eigenvalue weighted by Gasteiger charge is 2.18. The Morgan fingerprint density at radius 3 is 2.85 bits per heavy atom. The van der Waals surface area contributed by atoms with Gasteiger partial charge in [-0.15, -0.1) is 0 Å². The SMILES string of the molecule is CCc1cc(O)ccc1-c1ccc2c(-c3nc(/C=C/CNC4CCOCC4)c[nH]3)n[nH]c2c1F. The van der Waals surface area contributed by atoms with E-state index in [1.165, 1.54) is 0 Å². The number of hydrogen-bond acceptors (Lipinski definition) is 5. The van der Waals surface area contributed by atoms with Gasteiger partial charge in [0.15, 0.2) is 11.6 Å². The number of aryl methyl sites for hydroxylation is 1. The molecule has 176 valence electrons. The average molecular weight is 462 g/mol. The van der Waals surface area contributed by atoms with Crippen molar-refractivity contribution in [1.82, 2.24) is 25.5 Å². The number of rotatable bonds is 7. The van der Waals surface area contributed by atoms with Crippen LogP contribution in [0.25, 0.3) is 39.6 Å². The Bertz CT molecular complexity index is 1320. The molecule has 1 aliphatic heterocycles. The molecule has 0 saturated carbocycles. The van der Waals surface area contributed by atoms with Crippen molar-refractivity contribution >= 4 is 17.0 Å². The first kappa shape index (κ1) is 22.3. The maximum Gasteiger partial charge on any atom is 0.159 e. The van der Waals surface area contributed by atoms with E-state index in [1.54, 1.807) is 24.3 Å². The van der Waals surface area contributed by atoms with Crippen LogP contribution < -0.4 is 5.32 Å². The molecule has 0 radical (unpaired) electrons. The van der Waals surface area contributed by atoms with Crippen molar-refractivity contribution in [2.24, 2.45) is 0 Å². The van der Waals surface area contributed by atoms with E-state index in [9.17, 15) is 5.11 Å². The number of benzene rings is 2. The summed E-state index contributed by atoms with van der Waals surface area (Å²) in [5.41, 5.74) is 3.80. The van der Waals surface area contributed by atoms with Gasteiger partial charge in [0.1, 0.15) is 17.0 Å². The Balaban J connectivity index is 1.36. The highest BCUT2D eigenvalue weighted by molar-refractivity contribution is 5.94. The predicted molar refractivity (Wildman–Crippen MR) is 131 cm³/mol. The molecule has 0 amide bonds. The first-order valence-electron chi connectivity index (χ1n) is 11.7. The van der Waals surface area contributed by atoms with E-state index in [1.807, 2.05) is 31.3 Å². The van der Waals surface area contributed by atoms with Crippen LogP contribution in [0, 0.1) is 5.82 Å². The fourth-order valence-corrected chi connectivity index (χ4v) is 4.44. The van der Waals surface area contributed by atoms with Crippen LogP contribution in [-0.2, 0) is 11.2 Å². The van der Waals surface area contributed by atoms with E-state index in [2.05, 4.69) is 25.5 Å². The van der Waals surface area contributed by atoms with E-state index < -0.39 is 0 Å². The number of H-pyrrole nitrogens is 2. The lowest BCUT2D eigenvalue weighted by atomic mass is 9.96. The zero-order valence-corrected chi connectivity index (χ0v) is 19.1. The Morgan fingerprint density at radius 2 is 2.03 bits per heavy atom. The summed E-state index contributed by atoms with van der Waals surface area (Å²) in [7, 11) is 0. The number of halogens is 1. The molecule has 8 heteroatoms. The molecule has 0 atom stereocenters. The summed E-state index contributed by atoms with van der Waals surface area (Å²) < 4.78 is 20.9. The lowest BCUT2D eigenvalue weighted by Crippen LogP contribution is -2.34. The molecule has 1 fully saturated rings. The molecule has 4 aromatic rings. The molecule has 0 bridgehead atoms. The molecule has 7 nitrogen and oxygen atoms in total. The fourth-order valence-electron chi connectivity index (χ4n) is 4.44. The second kappa shape index (κ2) is 9.79. The number of nitrogens with zero attached hydrogens (tertiary/aromatic N) is 2. The van der Waals surface area contributed by atoms with Gasteiger partial charge >= 0.3 is 0 Å². The summed E-state index contributed by atoms with van der Waals surface area (Å²) in [6, 6.07) is 9.11. The topological polar surface area (TPSA) is 98.9 Å². The first-order chi connectivity index (χ1) is 16.6. The highest BCUT2D eigenvalue weighted by Crippen LogP contribution is 2.34. The minimum Gasteiger partial charge on any atom is -0.508 e. The maximum atomic E-state index is 15.5. The van der Waals surface area contributed by atoms with Crippen LogP contribution in [0.4, 0.5) is 4.39 Å². The second-order valence-corrected chi connectivity index (χ2v) is 8.49. The molecule has 1 saturated heterocycles. The Morgan fingerprint density at radius 1 is 1.21 bits per heavy atom. The number of aromatic nitrogens is 4. The molecule has 5 rings (SSSR count). The fraction of sp³-hybridized carbons (Fsp3) is 0.308. The summed E-state index contributed by atoms with van der Waals surface area (Å²) in [6.07, 6.45) is 8.58. The van der Waals surface area contributed by atoms with Crippen molar-refractivity contribution in [3.05, 3.63) is 59.7 Å². The van der Waals surface area contributed by atoms with Gasteiger partial charge in [-0.3, -0.25) is 5.10 Å². The minimum atomic E-state index is -0.373. The number of aromatic hydroxyl groups is 1. The standard InChI is InChI=1S/C26H28FN5O2/c1-2-16-14-19(33)5-6-20(16)21-7-8-22-24(23(21)27)31-32-25(22)26-29-15-18(30-26)4-3-11-28-17-9-12-34-13-10-17/h3-8,14-15,17,28,33H,2,9-13H2,1H3,(H,29,30)(H,31,32)/b4-3+. The summed E-state index contributed by atoms with van der Waals surface area (Å²) in [6.45, 7) is 4.38. The first-order valence-corrected chi connectivity index (χ1v) is 11.7. The van der Waals surface area contributed by atoms with E-state index in [0.29, 0.717) is 40.4 Å². The number of imidazole rings is 1. The van der Waals surface area contributed by atoms with Crippen molar-refractivity contribution in [2.75, 3.05) is 19.8 Å². The molecule has 0 unspecified atom stereocenters. The van der Waals surface area contributed by atoms with Crippen LogP contribution in [0.15, 0.2) is 42.6 Å². The van der Waals surface area contributed by atoms with Gasteiger partial charge in [0.05, 0.1) is 5.69 Å². The third-order valence-electron chi connectivity index (χ3n) is 6.29. The number of hydrogen-bond donors (Lipinski definition) is 4. The largest absolute Gasteiger partial charge is 0.508 e. The number of phenols is 1. The van der Waals surface area contributed by atoms with E-state index >= 15 is 4.39 Å².